The fourth-order valence-corrected chi connectivity index (χ4v) is 0.931. The molecule has 0 saturated carbocycles. The maximum absolute atomic E-state index is 12.0. The first-order valence-corrected chi connectivity index (χ1v) is 4.93. The maximum atomic E-state index is 12.0. The Morgan fingerprint density at radius 1 is 1.31 bits per heavy atom. The molecular weight excluding hydrogens is 289 g/mol. The van der Waals surface area contributed by atoms with Gasteiger partial charge in [0.25, 0.3) is 0 Å². The van der Waals surface area contributed by atoms with Gasteiger partial charge in [0.1, 0.15) is 5.75 Å². The van der Waals surface area contributed by atoms with Crippen LogP contribution in [0.5, 0.6) is 5.75 Å². The summed E-state index contributed by atoms with van der Waals surface area (Å²) in [4.78, 5) is 0. The number of hydrazone groups is 1. The van der Waals surface area contributed by atoms with Crippen molar-refractivity contribution in [3.05, 3.63) is 24.3 Å². The van der Waals surface area contributed by atoms with Gasteiger partial charge < -0.3 is 4.74 Å². The van der Waals surface area contributed by atoms with E-state index in [-0.39, 0.29) is 0 Å². The van der Waals surface area contributed by atoms with E-state index in [4.69, 9.17) is 4.74 Å². The Labute approximate surface area is 98.4 Å². The topological polar surface area (TPSA) is 33.6 Å². The molecule has 0 unspecified atom stereocenters. The first-order valence-electron chi connectivity index (χ1n) is 4.14. The molecule has 1 N–H and O–H groups in total. The van der Waals surface area contributed by atoms with Crippen molar-refractivity contribution in [1.29, 1.82) is 0 Å². The summed E-state index contributed by atoms with van der Waals surface area (Å²) in [6, 6.07) is 6.33. The Morgan fingerprint density at radius 2 is 1.88 bits per heavy atom. The highest BCUT2D eigenvalue weighted by molar-refractivity contribution is 9.18. The summed E-state index contributed by atoms with van der Waals surface area (Å²) in [7, 11) is 1.50. The van der Waals surface area contributed by atoms with Crippen LogP contribution < -0.4 is 10.2 Å². The second-order valence-electron chi connectivity index (χ2n) is 2.74. The monoisotopic (exact) mass is 296 g/mol. The third-order valence-corrected chi connectivity index (χ3v) is 2.23. The summed E-state index contributed by atoms with van der Waals surface area (Å²) in [5.41, 5.74) is 2.70. The lowest BCUT2D eigenvalue weighted by molar-refractivity contribution is -0.0551. The maximum Gasteiger partial charge on any atom is 0.441 e. The molecule has 1 rings (SSSR count). The molecule has 7 heteroatoms. The third-order valence-electron chi connectivity index (χ3n) is 1.61. The van der Waals surface area contributed by atoms with Gasteiger partial charge in [-0.3, -0.25) is 5.43 Å². The van der Waals surface area contributed by atoms with Gasteiger partial charge in [-0.1, -0.05) is 0 Å². The summed E-state index contributed by atoms with van der Waals surface area (Å²) < 4.78 is 39.9. The minimum atomic E-state index is -4.49. The van der Waals surface area contributed by atoms with Gasteiger partial charge in [-0.15, -0.1) is 0 Å². The summed E-state index contributed by atoms with van der Waals surface area (Å²) >= 11 is 2.32. The minimum absolute atomic E-state index is 0.432. The normalized spacial score (nSPS) is 12.4. The van der Waals surface area contributed by atoms with E-state index in [2.05, 4.69) is 26.5 Å². The molecule has 16 heavy (non-hydrogen) atoms. The highest BCUT2D eigenvalue weighted by Gasteiger charge is 2.34. The van der Waals surface area contributed by atoms with E-state index in [1.165, 1.54) is 7.11 Å². The number of nitrogens with one attached hydrogen (secondary N) is 1. The van der Waals surface area contributed by atoms with Crippen LogP contribution in [0.1, 0.15) is 0 Å². The largest absolute Gasteiger partial charge is 0.497 e. The number of halogens is 4. The van der Waals surface area contributed by atoms with Crippen LogP contribution in [0, 0.1) is 0 Å². The molecule has 0 bridgehead atoms. The number of alkyl halides is 3. The lowest BCUT2D eigenvalue weighted by atomic mass is 10.3. The van der Waals surface area contributed by atoms with Crippen LogP contribution >= 0.6 is 15.9 Å². The predicted molar refractivity (Wildman–Crippen MR) is 59.0 cm³/mol. The number of ether oxygens (including phenoxy) is 1. The molecular formula is C9H8BrF3N2O. The summed E-state index contributed by atoms with van der Waals surface area (Å²) in [6.45, 7) is 0. The van der Waals surface area contributed by atoms with Crippen molar-refractivity contribution in [2.45, 2.75) is 6.18 Å². The molecule has 0 aromatic heterocycles. The molecule has 0 aliphatic heterocycles. The van der Waals surface area contributed by atoms with E-state index in [0.717, 1.165) is 0 Å². The Balaban J connectivity index is 2.67. The Kier molecular flexibility index (Phi) is 4.17. The quantitative estimate of drug-likeness (QED) is 0.685. The van der Waals surface area contributed by atoms with Crippen molar-refractivity contribution in [3.8, 4) is 5.75 Å². The Hall–Kier alpha value is -1.24. The number of nitrogens with zero attached hydrogens (tertiary/aromatic N) is 1. The van der Waals surface area contributed by atoms with Gasteiger partial charge in [-0.25, -0.2) is 0 Å². The molecule has 0 saturated heterocycles. The average Bonchev–Trinajstić information content (AvgIpc) is 2.25. The van der Waals surface area contributed by atoms with Gasteiger partial charge in [0, 0.05) is 0 Å². The molecule has 0 aliphatic rings. The molecule has 1 aromatic rings. The number of benzene rings is 1. The standard InChI is InChI=1S/C9H8BrF3N2O/c1-16-7-4-2-6(3-5-7)14-15-8(10)9(11,12)13/h2-5,14H,1H3/b15-8-. The third kappa shape index (κ3) is 3.73. The van der Waals surface area contributed by atoms with Gasteiger partial charge >= 0.3 is 6.18 Å². The summed E-state index contributed by atoms with van der Waals surface area (Å²) in [5, 5.41) is 3.14. The van der Waals surface area contributed by atoms with Crippen molar-refractivity contribution in [2.75, 3.05) is 12.5 Å². The van der Waals surface area contributed by atoms with E-state index >= 15 is 0 Å². The molecule has 88 valence electrons. The minimum Gasteiger partial charge on any atom is -0.497 e. The second kappa shape index (κ2) is 5.20. The first kappa shape index (κ1) is 12.8. The van der Waals surface area contributed by atoms with Crippen molar-refractivity contribution in [3.63, 3.8) is 0 Å². The van der Waals surface area contributed by atoms with Gasteiger partial charge in [0.2, 0.25) is 4.62 Å². The zero-order chi connectivity index (χ0) is 12.2. The van der Waals surface area contributed by atoms with Crippen LogP contribution in [-0.4, -0.2) is 17.9 Å². The molecule has 0 heterocycles. The smallest absolute Gasteiger partial charge is 0.441 e. The van der Waals surface area contributed by atoms with Crippen molar-refractivity contribution < 1.29 is 17.9 Å². The zero-order valence-corrected chi connectivity index (χ0v) is 9.76. The summed E-state index contributed by atoms with van der Waals surface area (Å²) in [6.07, 6.45) is -4.49. The highest BCUT2D eigenvalue weighted by atomic mass is 79.9. The molecule has 0 amide bonds. The fourth-order valence-electron chi connectivity index (χ4n) is 0.843. The number of methoxy groups -OCH3 is 1. The van der Waals surface area contributed by atoms with Crippen LogP contribution in [0.3, 0.4) is 0 Å². The number of hydrogen-bond donors (Lipinski definition) is 1. The second-order valence-corrected chi connectivity index (χ2v) is 3.49. The average molecular weight is 297 g/mol. The fraction of sp³-hybridized carbons (Fsp3) is 0.222. The van der Waals surface area contributed by atoms with E-state index in [1.807, 2.05) is 0 Å². The van der Waals surface area contributed by atoms with Gasteiger partial charge in [-0.05, 0) is 40.2 Å². The summed E-state index contributed by atoms with van der Waals surface area (Å²) in [5.74, 6) is 0.615. The molecule has 3 nitrogen and oxygen atoms in total. The van der Waals surface area contributed by atoms with Crippen molar-refractivity contribution >= 4 is 26.2 Å². The van der Waals surface area contributed by atoms with Crippen LogP contribution in [0.4, 0.5) is 18.9 Å². The van der Waals surface area contributed by atoms with Crippen LogP contribution in [0.15, 0.2) is 29.4 Å². The van der Waals surface area contributed by atoms with Crippen LogP contribution in [-0.2, 0) is 0 Å². The first-order chi connectivity index (χ1) is 7.43. The van der Waals surface area contributed by atoms with E-state index in [1.54, 1.807) is 24.3 Å². The van der Waals surface area contributed by atoms with Gasteiger partial charge in [0.05, 0.1) is 12.8 Å². The van der Waals surface area contributed by atoms with Crippen LogP contribution in [0.25, 0.3) is 0 Å². The van der Waals surface area contributed by atoms with Crippen LogP contribution in [0.2, 0.25) is 0 Å². The SMILES string of the molecule is COc1ccc(N/N=C(\Br)C(F)(F)F)cc1. The van der Waals surface area contributed by atoms with Gasteiger partial charge in [0.15, 0.2) is 0 Å². The van der Waals surface area contributed by atoms with E-state index in [9.17, 15) is 13.2 Å². The number of hydrogen-bond acceptors (Lipinski definition) is 3. The Morgan fingerprint density at radius 3 is 2.31 bits per heavy atom. The van der Waals surface area contributed by atoms with Gasteiger partial charge in [-0.2, -0.15) is 18.3 Å². The Bertz CT molecular complexity index is 375. The molecule has 1 aromatic carbocycles. The van der Waals surface area contributed by atoms with E-state index in [0.29, 0.717) is 11.4 Å². The molecule has 0 aliphatic carbocycles. The predicted octanol–water partition coefficient (Wildman–Crippen LogP) is 3.38. The van der Waals surface area contributed by atoms with Crippen molar-refractivity contribution in [1.82, 2.24) is 0 Å². The molecule has 0 radical (unpaired) electrons. The zero-order valence-electron chi connectivity index (χ0n) is 8.18. The highest BCUT2D eigenvalue weighted by Crippen LogP contribution is 2.22. The van der Waals surface area contributed by atoms with E-state index < -0.39 is 10.8 Å². The van der Waals surface area contributed by atoms with Crippen molar-refractivity contribution in [2.24, 2.45) is 5.10 Å². The lowest BCUT2D eigenvalue weighted by Gasteiger charge is -2.05. The molecule has 0 fully saturated rings. The molecule has 0 atom stereocenters. The lowest BCUT2D eigenvalue weighted by Crippen LogP contribution is -2.17. The number of anilines is 1. The number of rotatable bonds is 3. The molecule has 0 spiro atoms.